The third-order valence-corrected chi connectivity index (χ3v) is 2.86. The number of fused-ring (bicyclic) bond motifs is 3. The summed E-state index contributed by atoms with van der Waals surface area (Å²) in [5, 5.41) is 23.0. The number of hydrogen-bond donors (Lipinski definition) is 5. The van der Waals surface area contributed by atoms with E-state index in [9.17, 15) is 5.11 Å². The van der Waals surface area contributed by atoms with Crippen LogP contribution in [0.25, 0.3) is 21.9 Å². The smallest absolute Gasteiger partial charge is 0.223 e. The quantitative estimate of drug-likeness (QED) is 0.474. The van der Waals surface area contributed by atoms with Crippen LogP contribution < -0.4 is 11.1 Å². The third-order valence-electron chi connectivity index (χ3n) is 2.86. The lowest BCUT2D eigenvalue weighted by molar-refractivity contribution is 0.311. The summed E-state index contributed by atoms with van der Waals surface area (Å²) in [5.41, 5.74) is 7.08. The van der Waals surface area contributed by atoms with Crippen molar-refractivity contribution in [2.75, 3.05) is 24.2 Å². The van der Waals surface area contributed by atoms with Gasteiger partial charge in [0.15, 0.2) is 0 Å². The van der Waals surface area contributed by atoms with Crippen LogP contribution in [0, 0.1) is 0 Å². The number of aromatic nitrogens is 3. The van der Waals surface area contributed by atoms with Crippen molar-refractivity contribution in [2.24, 2.45) is 0 Å². The Morgan fingerprint density at radius 2 is 2.16 bits per heavy atom. The number of aromatic hydroxyl groups is 1. The number of aliphatic hydroxyl groups excluding tert-OH is 1. The SMILES string of the molecule is Nc1nc(NCCO)c2c(n1)[nH]c1ccc(O)cc12. The van der Waals surface area contributed by atoms with Crippen LogP contribution in [-0.4, -0.2) is 38.3 Å². The summed E-state index contributed by atoms with van der Waals surface area (Å²) in [6.07, 6.45) is 0. The second kappa shape index (κ2) is 4.29. The van der Waals surface area contributed by atoms with Gasteiger partial charge >= 0.3 is 0 Å². The number of rotatable bonds is 3. The van der Waals surface area contributed by atoms with Gasteiger partial charge in [-0.15, -0.1) is 0 Å². The number of nitrogens with zero attached hydrogens (tertiary/aromatic N) is 2. The van der Waals surface area contributed by atoms with Crippen LogP contribution in [0.1, 0.15) is 0 Å². The molecule has 7 nitrogen and oxygen atoms in total. The molecule has 1 aromatic carbocycles. The Morgan fingerprint density at radius 1 is 1.32 bits per heavy atom. The molecular weight excluding hydrogens is 246 g/mol. The van der Waals surface area contributed by atoms with Gasteiger partial charge in [-0.1, -0.05) is 0 Å². The van der Waals surface area contributed by atoms with Crippen molar-refractivity contribution < 1.29 is 10.2 Å². The van der Waals surface area contributed by atoms with Gasteiger partial charge in [0.25, 0.3) is 0 Å². The van der Waals surface area contributed by atoms with Crippen LogP contribution in [-0.2, 0) is 0 Å². The van der Waals surface area contributed by atoms with Crippen molar-refractivity contribution in [1.29, 1.82) is 0 Å². The molecule has 0 fully saturated rings. The number of phenolic OH excluding ortho intramolecular Hbond substituents is 1. The summed E-state index contributed by atoms with van der Waals surface area (Å²) in [7, 11) is 0. The second-order valence-electron chi connectivity index (χ2n) is 4.16. The lowest BCUT2D eigenvalue weighted by Gasteiger charge is -2.05. The molecule has 0 bridgehead atoms. The molecule has 0 amide bonds. The molecule has 7 heteroatoms. The Labute approximate surface area is 108 Å². The van der Waals surface area contributed by atoms with Crippen molar-refractivity contribution in [3.8, 4) is 5.75 Å². The van der Waals surface area contributed by atoms with E-state index in [1.165, 1.54) is 0 Å². The van der Waals surface area contributed by atoms with Crippen molar-refractivity contribution in [3.63, 3.8) is 0 Å². The number of anilines is 2. The molecule has 6 N–H and O–H groups in total. The van der Waals surface area contributed by atoms with Crippen LogP contribution in [0.2, 0.25) is 0 Å². The van der Waals surface area contributed by atoms with Crippen molar-refractivity contribution in [1.82, 2.24) is 15.0 Å². The number of nitrogens with two attached hydrogens (primary N) is 1. The van der Waals surface area contributed by atoms with Crippen LogP contribution in [0.15, 0.2) is 18.2 Å². The molecule has 98 valence electrons. The first-order valence-electron chi connectivity index (χ1n) is 5.81. The number of phenols is 1. The third kappa shape index (κ3) is 1.89. The maximum atomic E-state index is 9.59. The van der Waals surface area contributed by atoms with Gasteiger partial charge in [-0.25, -0.2) is 0 Å². The van der Waals surface area contributed by atoms with Crippen molar-refractivity contribution in [2.45, 2.75) is 0 Å². The fourth-order valence-electron chi connectivity index (χ4n) is 2.10. The van der Waals surface area contributed by atoms with Crippen LogP contribution >= 0.6 is 0 Å². The van der Waals surface area contributed by atoms with Gasteiger partial charge in [0.1, 0.15) is 17.2 Å². The molecule has 19 heavy (non-hydrogen) atoms. The Kier molecular flexibility index (Phi) is 2.60. The van der Waals surface area contributed by atoms with Crippen molar-refractivity contribution >= 4 is 33.7 Å². The summed E-state index contributed by atoms with van der Waals surface area (Å²) in [4.78, 5) is 11.4. The molecule has 2 heterocycles. The zero-order chi connectivity index (χ0) is 13.4. The predicted octanol–water partition coefficient (Wildman–Crippen LogP) is 0.803. The van der Waals surface area contributed by atoms with E-state index < -0.39 is 0 Å². The topological polar surface area (TPSA) is 120 Å². The zero-order valence-electron chi connectivity index (χ0n) is 10.0. The van der Waals surface area contributed by atoms with E-state index in [1.807, 2.05) is 0 Å². The Balaban J connectivity index is 2.33. The molecule has 2 aromatic heterocycles. The minimum Gasteiger partial charge on any atom is -0.508 e. The first-order chi connectivity index (χ1) is 9.19. The van der Waals surface area contributed by atoms with Crippen molar-refractivity contribution in [3.05, 3.63) is 18.2 Å². The molecule has 3 rings (SSSR count). The van der Waals surface area contributed by atoms with Gasteiger partial charge in [0.2, 0.25) is 5.95 Å². The van der Waals surface area contributed by atoms with E-state index in [1.54, 1.807) is 18.2 Å². The van der Waals surface area contributed by atoms with E-state index >= 15 is 0 Å². The highest BCUT2D eigenvalue weighted by molar-refractivity contribution is 6.11. The lowest BCUT2D eigenvalue weighted by Crippen LogP contribution is -2.09. The average Bonchev–Trinajstić information content (AvgIpc) is 2.73. The summed E-state index contributed by atoms with van der Waals surface area (Å²) >= 11 is 0. The average molecular weight is 259 g/mol. The van der Waals surface area contributed by atoms with E-state index in [2.05, 4.69) is 20.3 Å². The maximum absolute atomic E-state index is 9.59. The summed E-state index contributed by atoms with van der Waals surface area (Å²) in [6, 6.07) is 4.99. The Morgan fingerprint density at radius 3 is 2.95 bits per heavy atom. The van der Waals surface area contributed by atoms with Gasteiger partial charge in [0.05, 0.1) is 12.0 Å². The zero-order valence-corrected chi connectivity index (χ0v) is 10.0. The fourth-order valence-corrected chi connectivity index (χ4v) is 2.10. The van der Waals surface area contributed by atoms with E-state index in [0.717, 1.165) is 16.3 Å². The van der Waals surface area contributed by atoms with Crippen LogP contribution in [0.5, 0.6) is 5.75 Å². The fraction of sp³-hybridized carbons (Fsp3) is 0.167. The maximum Gasteiger partial charge on any atom is 0.223 e. The minimum atomic E-state index is -0.0149. The molecule has 3 aromatic rings. The predicted molar refractivity (Wildman–Crippen MR) is 73.0 cm³/mol. The largest absolute Gasteiger partial charge is 0.508 e. The molecule has 0 spiro atoms. The van der Waals surface area contributed by atoms with E-state index in [4.69, 9.17) is 10.8 Å². The molecule has 0 unspecified atom stereocenters. The normalized spacial score (nSPS) is 11.2. The Hall–Kier alpha value is -2.54. The number of nitrogen functional groups attached to an aromatic ring is 1. The van der Waals surface area contributed by atoms with Crippen LogP contribution in [0.4, 0.5) is 11.8 Å². The first-order valence-corrected chi connectivity index (χ1v) is 5.81. The number of aliphatic hydroxyl groups is 1. The molecule has 0 saturated carbocycles. The summed E-state index contributed by atoms with van der Waals surface area (Å²) in [5.74, 6) is 0.843. The van der Waals surface area contributed by atoms with Gasteiger partial charge in [-0.05, 0) is 18.2 Å². The molecule has 0 radical (unpaired) electrons. The van der Waals surface area contributed by atoms with E-state index in [0.29, 0.717) is 18.0 Å². The van der Waals surface area contributed by atoms with E-state index in [-0.39, 0.29) is 18.3 Å². The summed E-state index contributed by atoms with van der Waals surface area (Å²) < 4.78 is 0. The lowest BCUT2D eigenvalue weighted by atomic mass is 10.2. The second-order valence-corrected chi connectivity index (χ2v) is 4.16. The molecule has 0 atom stereocenters. The number of hydrogen-bond acceptors (Lipinski definition) is 6. The highest BCUT2D eigenvalue weighted by Gasteiger charge is 2.13. The molecule has 0 aliphatic carbocycles. The van der Waals surface area contributed by atoms with Crippen LogP contribution in [0.3, 0.4) is 0 Å². The first kappa shape index (κ1) is 11.5. The molecule has 0 aliphatic heterocycles. The number of benzene rings is 1. The summed E-state index contributed by atoms with van der Waals surface area (Å²) in [6.45, 7) is 0.343. The molecule has 0 aliphatic rings. The number of nitrogens with one attached hydrogen (secondary N) is 2. The van der Waals surface area contributed by atoms with Gasteiger partial charge in [-0.3, -0.25) is 0 Å². The highest BCUT2D eigenvalue weighted by atomic mass is 16.3. The minimum absolute atomic E-state index is 0.0149. The van der Waals surface area contributed by atoms with Gasteiger partial charge < -0.3 is 26.2 Å². The van der Waals surface area contributed by atoms with Gasteiger partial charge in [0, 0.05) is 17.4 Å². The molecular formula is C12H13N5O2. The highest BCUT2D eigenvalue weighted by Crippen LogP contribution is 2.31. The standard InChI is InChI=1S/C12H13N5O2/c13-12-16-10(14-3-4-18)9-7-5-6(19)1-2-8(7)15-11(9)17-12/h1-2,5,18-19H,3-4H2,(H4,13,14,15,16,17). The Bertz CT molecular complexity index is 753. The molecule has 0 saturated heterocycles. The number of aromatic amines is 1. The number of H-pyrrole nitrogens is 1. The van der Waals surface area contributed by atoms with Gasteiger partial charge in [-0.2, -0.15) is 9.97 Å². The monoisotopic (exact) mass is 259 g/mol.